The van der Waals surface area contributed by atoms with Crippen LogP contribution in [-0.2, 0) is 4.79 Å². The van der Waals surface area contributed by atoms with E-state index in [1.54, 1.807) is 0 Å². The van der Waals surface area contributed by atoms with Crippen LogP contribution in [-0.4, -0.2) is 36.5 Å². The quantitative estimate of drug-likeness (QED) is 0.418. The normalized spacial score (nSPS) is 22.0. The molecule has 1 rings (SSSR count). The van der Waals surface area contributed by atoms with E-state index in [0.717, 1.165) is 19.4 Å². The third kappa shape index (κ3) is 3.72. The van der Waals surface area contributed by atoms with Crippen molar-refractivity contribution in [2.45, 2.75) is 32.2 Å². The van der Waals surface area contributed by atoms with Gasteiger partial charge in [0.05, 0.1) is 0 Å². The van der Waals surface area contributed by atoms with E-state index < -0.39 is 0 Å². The number of azide groups is 1. The Balaban J connectivity index is 2.33. The third-order valence-electron chi connectivity index (χ3n) is 2.99. The van der Waals surface area contributed by atoms with Crippen molar-refractivity contribution in [3.8, 4) is 0 Å². The molecule has 0 spiro atoms. The molecule has 16 heavy (non-hydrogen) atoms. The molecule has 0 aromatic heterocycles. The maximum Gasteiger partial charge on any atom is 0.222 e. The van der Waals surface area contributed by atoms with Crippen LogP contribution in [0.5, 0.6) is 0 Å². The number of rotatable bonds is 6. The van der Waals surface area contributed by atoms with Gasteiger partial charge in [0.15, 0.2) is 0 Å². The minimum absolute atomic E-state index is 0.154. The number of carbonyl (C=O) groups is 1. The highest BCUT2D eigenvalue weighted by atomic mass is 16.2. The summed E-state index contributed by atoms with van der Waals surface area (Å²) < 4.78 is 0. The zero-order chi connectivity index (χ0) is 12.0. The van der Waals surface area contributed by atoms with E-state index in [2.05, 4.69) is 10.0 Å². The second kappa shape index (κ2) is 6.35. The lowest BCUT2D eigenvalue weighted by Crippen LogP contribution is -2.31. The van der Waals surface area contributed by atoms with Crippen LogP contribution in [0.3, 0.4) is 0 Å². The van der Waals surface area contributed by atoms with Crippen molar-refractivity contribution >= 4 is 5.91 Å². The van der Waals surface area contributed by atoms with E-state index in [1.807, 2.05) is 11.8 Å². The van der Waals surface area contributed by atoms with Gasteiger partial charge < -0.3 is 10.6 Å². The number of amides is 1. The average Bonchev–Trinajstić information content (AvgIpc) is 2.64. The molecule has 0 bridgehead atoms. The molecular formula is C10H19N5O. The SMILES string of the molecule is CCC(N)CCN1CC(CN=[N+]=[N-])CC1=O. The summed E-state index contributed by atoms with van der Waals surface area (Å²) in [4.78, 5) is 16.1. The van der Waals surface area contributed by atoms with Crippen molar-refractivity contribution in [3.63, 3.8) is 0 Å². The molecule has 1 heterocycles. The summed E-state index contributed by atoms with van der Waals surface area (Å²) in [5.41, 5.74) is 14.0. The lowest BCUT2D eigenvalue weighted by atomic mass is 10.1. The van der Waals surface area contributed by atoms with E-state index in [4.69, 9.17) is 11.3 Å². The van der Waals surface area contributed by atoms with Gasteiger partial charge in [-0.3, -0.25) is 4.79 Å². The first-order valence-electron chi connectivity index (χ1n) is 5.71. The fraction of sp³-hybridized carbons (Fsp3) is 0.900. The van der Waals surface area contributed by atoms with E-state index in [9.17, 15) is 4.79 Å². The van der Waals surface area contributed by atoms with E-state index >= 15 is 0 Å². The molecule has 1 aliphatic heterocycles. The monoisotopic (exact) mass is 225 g/mol. The highest BCUT2D eigenvalue weighted by Gasteiger charge is 2.28. The fourth-order valence-corrected chi connectivity index (χ4v) is 1.87. The number of nitrogens with two attached hydrogens (primary N) is 1. The molecule has 90 valence electrons. The Morgan fingerprint density at radius 3 is 3.12 bits per heavy atom. The minimum Gasteiger partial charge on any atom is -0.342 e. The van der Waals surface area contributed by atoms with Crippen LogP contribution in [0.2, 0.25) is 0 Å². The molecule has 1 saturated heterocycles. The van der Waals surface area contributed by atoms with Gasteiger partial charge in [0, 0.05) is 37.0 Å². The largest absolute Gasteiger partial charge is 0.342 e. The Morgan fingerprint density at radius 1 is 1.75 bits per heavy atom. The molecule has 2 atom stereocenters. The predicted octanol–water partition coefficient (Wildman–Crippen LogP) is 1.27. The Bertz CT molecular complexity index is 287. The molecule has 0 aromatic carbocycles. The summed E-state index contributed by atoms with van der Waals surface area (Å²) in [7, 11) is 0. The summed E-state index contributed by atoms with van der Waals surface area (Å²) in [6.07, 6.45) is 2.28. The topological polar surface area (TPSA) is 95.1 Å². The minimum atomic E-state index is 0.154. The highest BCUT2D eigenvalue weighted by Crippen LogP contribution is 2.18. The van der Waals surface area contributed by atoms with Gasteiger partial charge in [-0.25, -0.2) is 0 Å². The molecule has 1 fully saturated rings. The standard InChI is InChI=1S/C10H19N5O/c1-2-9(11)3-4-15-7-8(5-10(15)16)6-13-14-12/h8-9H,2-7,11H2,1H3. The molecule has 0 aromatic rings. The maximum atomic E-state index is 11.6. The highest BCUT2D eigenvalue weighted by molar-refractivity contribution is 5.78. The first-order valence-corrected chi connectivity index (χ1v) is 5.71. The van der Waals surface area contributed by atoms with Crippen LogP contribution in [0.15, 0.2) is 5.11 Å². The molecular weight excluding hydrogens is 206 g/mol. The molecule has 1 amide bonds. The number of carbonyl (C=O) groups excluding carboxylic acids is 1. The molecule has 2 N–H and O–H groups in total. The van der Waals surface area contributed by atoms with Crippen molar-refractivity contribution in [2.24, 2.45) is 16.8 Å². The van der Waals surface area contributed by atoms with Gasteiger partial charge in [0.2, 0.25) is 5.91 Å². The van der Waals surface area contributed by atoms with Gasteiger partial charge in [-0.05, 0) is 24.3 Å². The van der Waals surface area contributed by atoms with E-state index in [0.29, 0.717) is 19.5 Å². The van der Waals surface area contributed by atoms with Gasteiger partial charge in [-0.1, -0.05) is 12.0 Å². The van der Waals surface area contributed by atoms with Gasteiger partial charge >= 0.3 is 0 Å². The second-order valence-corrected chi connectivity index (χ2v) is 4.28. The van der Waals surface area contributed by atoms with Crippen LogP contribution in [0.1, 0.15) is 26.2 Å². The first-order chi connectivity index (χ1) is 7.67. The predicted molar refractivity (Wildman–Crippen MR) is 61.6 cm³/mol. The number of likely N-dealkylation sites (tertiary alicyclic amines) is 1. The Kier molecular flexibility index (Phi) is 5.08. The van der Waals surface area contributed by atoms with Crippen molar-refractivity contribution in [2.75, 3.05) is 19.6 Å². The third-order valence-corrected chi connectivity index (χ3v) is 2.99. The molecule has 0 radical (unpaired) electrons. The summed E-state index contributed by atoms with van der Waals surface area (Å²) in [5.74, 6) is 0.336. The fourth-order valence-electron chi connectivity index (χ4n) is 1.87. The van der Waals surface area contributed by atoms with Crippen LogP contribution in [0.4, 0.5) is 0 Å². The molecule has 0 saturated carbocycles. The number of hydrogen-bond donors (Lipinski definition) is 1. The first kappa shape index (κ1) is 12.8. The van der Waals surface area contributed by atoms with Crippen LogP contribution >= 0.6 is 0 Å². The van der Waals surface area contributed by atoms with Crippen molar-refractivity contribution in [3.05, 3.63) is 10.4 Å². The zero-order valence-corrected chi connectivity index (χ0v) is 9.67. The summed E-state index contributed by atoms with van der Waals surface area (Å²) >= 11 is 0. The van der Waals surface area contributed by atoms with E-state index in [-0.39, 0.29) is 17.9 Å². The van der Waals surface area contributed by atoms with E-state index in [1.165, 1.54) is 0 Å². The zero-order valence-electron chi connectivity index (χ0n) is 9.67. The number of nitrogens with zero attached hydrogens (tertiary/aromatic N) is 4. The average molecular weight is 225 g/mol. The van der Waals surface area contributed by atoms with Crippen molar-refractivity contribution in [1.82, 2.24) is 4.90 Å². The molecule has 6 nitrogen and oxygen atoms in total. The Morgan fingerprint density at radius 2 is 2.50 bits per heavy atom. The van der Waals surface area contributed by atoms with Gasteiger partial charge in [-0.15, -0.1) is 0 Å². The maximum absolute atomic E-state index is 11.6. The summed E-state index contributed by atoms with van der Waals surface area (Å²) in [6, 6.07) is 0.170. The lowest BCUT2D eigenvalue weighted by Gasteiger charge is -2.18. The second-order valence-electron chi connectivity index (χ2n) is 4.28. The lowest BCUT2D eigenvalue weighted by molar-refractivity contribution is -0.127. The van der Waals surface area contributed by atoms with Gasteiger partial charge in [0.1, 0.15) is 0 Å². The summed E-state index contributed by atoms with van der Waals surface area (Å²) in [5, 5.41) is 3.51. The van der Waals surface area contributed by atoms with Crippen LogP contribution < -0.4 is 5.73 Å². The molecule has 1 aliphatic rings. The molecule has 6 heteroatoms. The smallest absolute Gasteiger partial charge is 0.222 e. The molecule has 2 unspecified atom stereocenters. The van der Waals surface area contributed by atoms with Gasteiger partial charge in [0.25, 0.3) is 0 Å². The van der Waals surface area contributed by atoms with Crippen molar-refractivity contribution < 1.29 is 4.79 Å². The Hall–Kier alpha value is -1.26. The van der Waals surface area contributed by atoms with Crippen molar-refractivity contribution in [1.29, 1.82) is 0 Å². The summed E-state index contributed by atoms with van der Waals surface area (Å²) in [6.45, 7) is 3.88. The van der Waals surface area contributed by atoms with Crippen LogP contribution in [0.25, 0.3) is 10.4 Å². The van der Waals surface area contributed by atoms with Crippen LogP contribution in [0, 0.1) is 5.92 Å². The molecule has 0 aliphatic carbocycles. The van der Waals surface area contributed by atoms with Gasteiger partial charge in [-0.2, -0.15) is 0 Å². The number of hydrogen-bond acceptors (Lipinski definition) is 3. The Labute approximate surface area is 95.4 Å².